The minimum Gasteiger partial charge on any atom is -0.495 e. The third-order valence-corrected chi connectivity index (χ3v) is 8.24. The van der Waals surface area contributed by atoms with Crippen LogP contribution in [0.25, 0.3) is 0 Å². The lowest BCUT2D eigenvalue weighted by Crippen LogP contribution is -2.48. The number of ether oxygens (including phenoxy) is 2. The van der Waals surface area contributed by atoms with E-state index in [2.05, 4.69) is 4.74 Å². The fourth-order valence-corrected chi connectivity index (χ4v) is 5.34. The summed E-state index contributed by atoms with van der Waals surface area (Å²) in [4.78, 5) is 27.8. The number of rotatable bonds is 11. The number of esters is 1. The van der Waals surface area contributed by atoms with Crippen LogP contribution in [-0.4, -0.2) is 83.5 Å². The molecule has 10 heteroatoms. The molecule has 0 bridgehead atoms. The first-order chi connectivity index (χ1) is 17.3. The van der Waals surface area contributed by atoms with Crippen LogP contribution in [0.1, 0.15) is 24.8 Å². The van der Waals surface area contributed by atoms with Gasteiger partial charge in [0.25, 0.3) is 0 Å². The van der Waals surface area contributed by atoms with Crippen molar-refractivity contribution in [3.05, 3.63) is 54.1 Å². The van der Waals surface area contributed by atoms with E-state index in [9.17, 15) is 18.0 Å². The molecule has 2 aromatic carbocycles. The summed E-state index contributed by atoms with van der Waals surface area (Å²) < 4.78 is 38.1. The maximum Gasteiger partial charge on any atom is 0.305 e. The molecule has 0 saturated carbocycles. The van der Waals surface area contributed by atoms with E-state index in [1.165, 1.54) is 11.4 Å². The number of hydrogen-bond acceptors (Lipinski definition) is 7. The Morgan fingerprint density at radius 1 is 0.972 bits per heavy atom. The molecule has 1 aliphatic rings. The van der Waals surface area contributed by atoms with Crippen molar-refractivity contribution in [3.8, 4) is 5.75 Å². The van der Waals surface area contributed by atoms with Gasteiger partial charge in [0.15, 0.2) is 0 Å². The van der Waals surface area contributed by atoms with E-state index in [1.54, 1.807) is 37.3 Å². The number of sulfonamides is 1. The summed E-state index contributed by atoms with van der Waals surface area (Å²) in [7, 11) is 0.789. The van der Waals surface area contributed by atoms with Crippen LogP contribution < -0.4 is 9.64 Å². The molecule has 0 N–H and O–H groups in total. The smallest absolute Gasteiger partial charge is 0.305 e. The molecule has 3 rings (SSSR count). The Kier molecular flexibility index (Phi) is 9.72. The molecule has 0 atom stereocenters. The van der Waals surface area contributed by atoms with Crippen molar-refractivity contribution in [1.29, 1.82) is 0 Å². The molecule has 1 saturated heterocycles. The fourth-order valence-electron chi connectivity index (χ4n) is 4.15. The SMILES string of the molecule is COC(=O)CCCC(=O)N1CCN(c2cc(S(=O)(=O)N(C)CCc3ccccc3)ccc2OC)CC1. The Morgan fingerprint density at radius 3 is 2.31 bits per heavy atom. The van der Waals surface area contributed by atoms with Crippen molar-refractivity contribution >= 4 is 27.6 Å². The third kappa shape index (κ3) is 6.98. The van der Waals surface area contributed by atoms with E-state index in [-0.39, 0.29) is 23.2 Å². The molecule has 1 fully saturated rings. The molecule has 36 heavy (non-hydrogen) atoms. The highest BCUT2D eigenvalue weighted by Gasteiger charge is 2.26. The van der Waals surface area contributed by atoms with Gasteiger partial charge in [0.1, 0.15) is 5.75 Å². The quantitative estimate of drug-likeness (QED) is 0.423. The second-order valence-electron chi connectivity index (χ2n) is 8.69. The number of methoxy groups -OCH3 is 2. The Bertz CT molecular complexity index is 1130. The Balaban J connectivity index is 1.65. The second-order valence-corrected chi connectivity index (χ2v) is 10.7. The Hall–Kier alpha value is -3.11. The molecule has 0 spiro atoms. The minimum absolute atomic E-state index is 0.00175. The van der Waals surface area contributed by atoms with Crippen LogP contribution in [0.4, 0.5) is 5.69 Å². The maximum absolute atomic E-state index is 13.3. The van der Waals surface area contributed by atoms with Gasteiger partial charge in [-0.05, 0) is 36.6 Å². The van der Waals surface area contributed by atoms with Gasteiger partial charge in [-0.15, -0.1) is 0 Å². The molecule has 0 unspecified atom stereocenters. The summed E-state index contributed by atoms with van der Waals surface area (Å²) in [6.45, 7) is 2.48. The van der Waals surface area contributed by atoms with E-state index < -0.39 is 10.0 Å². The summed E-state index contributed by atoms with van der Waals surface area (Å²) in [5.41, 5.74) is 1.76. The van der Waals surface area contributed by atoms with Gasteiger partial charge in [0, 0.05) is 52.6 Å². The van der Waals surface area contributed by atoms with Crippen molar-refractivity contribution in [2.45, 2.75) is 30.6 Å². The van der Waals surface area contributed by atoms with Crippen molar-refractivity contribution in [2.24, 2.45) is 0 Å². The number of nitrogens with zero attached hydrogens (tertiary/aromatic N) is 3. The van der Waals surface area contributed by atoms with Crippen molar-refractivity contribution in [3.63, 3.8) is 0 Å². The predicted molar refractivity (Wildman–Crippen MR) is 138 cm³/mol. The van der Waals surface area contributed by atoms with Gasteiger partial charge in [-0.2, -0.15) is 0 Å². The average molecular weight is 518 g/mol. The van der Waals surface area contributed by atoms with Crippen molar-refractivity contribution < 1.29 is 27.5 Å². The van der Waals surface area contributed by atoms with E-state index in [0.717, 1.165) is 5.56 Å². The zero-order valence-electron chi connectivity index (χ0n) is 21.2. The molecule has 2 aromatic rings. The van der Waals surface area contributed by atoms with Crippen LogP contribution in [0, 0.1) is 0 Å². The molecule has 0 aromatic heterocycles. The molecule has 1 aliphatic heterocycles. The van der Waals surface area contributed by atoms with Crippen molar-refractivity contribution in [2.75, 3.05) is 58.9 Å². The van der Waals surface area contributed by atoms with Gasteiger partial charge in [-0.3, -0.25) is 9.59 Å². The van der Waals surface area contributed by atoms with Gasteiger partial charge in [0.05, 0.1) is 24.8 Å². The lowest BCUT2D eigenvalue weighted by molar-refractivity contribution is -0.140. The Labute approximate surface area is 213 Å². The minimum atomic E-state index is -3.69. The van der Waals surface area contributed by atoms with Crippen LogP contribution >= 0.6 is 0 Å². The van der Waals surface area contributed by atoms with Crippen LogP contribution in [0.3, 0.4) is 0 Å². The van der Waals surface area contributed by atoms with Gasteiger partial charge in [-0.1, -0.05) is 30.3 Å². The summed E-state index contributed by atoms with van der Waals surface area (Å²) in [6.07, 6.45) is 1.59. The highest BCUT2D eigenvalue weighted by molar-refractivity contribution is 7.89. The van der Waals surface area contributed by atoms with Gasteiger partial charge in [0.2, 0.25) is 15.9 Å². The standard InChI is InChI=1S/C26H35N3O6S/c1-27(15-14-21-8-5-4-6-9-21)36(32,33)22-12-13-24(34-2)23(20-22)28-16-18-29(19-17-28)25(30)10-7-11-26(31)35-3/h4-6,8-9,12-13,20H,7,10-11,14-19H2,1-3H3. The zero-order valence-corrected chi connectivity index (χ0v) is 22.0. The van der Waals surface area contributed by atoms with Gasteiger partial charge in [-0.25, -0.2) is 12.7 Å². The normalized spacial score (nSPS) is 14.1. The average Bonchev–Trinajstić information content (AvgIpc) is 2.91. The van der Waals surface area contributed by atoms with Crippen molar-refractivity contribution in [1.82, 2.24) is 9.21 Å². The number of piperazine rings is 1. The number of benzene rings is 2. The fraction of sp³-hybridized carbons (Fsp3) is 0.462. The molecule has 1 heterocycles. The zero-order chi connectivity index (χ0) is 26.1. The largest absolute Gasteiger partial charge is 0.495 e. The van der Waals surface area contributed by atoms with Gasteiger partial charge < -0.3 is 19.3 Å². The Morgan fingerprint density at radius 2 is 1.67 bits per heavy atom. The number of anilines is 1. The van der Waals surface area contributed by atoms with E-state index >= 15 is 0 Å². The molecule has 1 amide bonds. The highest BCUT2D eigenvalue weighted by Crippen LogP contribution is 2.32. The molecule has 9 nitrogen and oxygen atoms in total. The first kappa shape index (κ1) is 27.5. The number of amides is 1. The second kappa shape index (κ2) is 12.7. The lowest BCUT2D eigenvalue weighted by Gasteiger charge is -2.37. The van der Waals surface area contributed by atoms with Crippen LogP contribution in [0.2, 0.25) is 0 Å². The predicted octanol–water partition coefficient (Wildman–Crippen LogP) is 2.55. The molecule has 196 valence electrons. The van der Waals surface area contributed by atoms with Crippen LogP contribution in [0.5, 0.6) is 5.75 Å². The summed E-state index contributed by atoms with van der Waals surface area (Å²) >= 11 is 0. The van der Waals surface area contributed by atoms with E-state index in [1.807, 2.05) is 35.2 Å². The summed E-state index contributed by atoms with van der Waals surface area (Å²) in [5.74, 6) is 0.265. The van der Waals surface area contributed by atoms with E-state index in [4.69, 9.17) is 4.74 Å². The summed E-state index contributed by atoms with van der Waals surface area (Å²) in [5, 5.41) is 0. The molecular formula is C26H35N3O6S. The van der Waals surface area contributed by atoms with Gasteiger partial charge >= 0.3 is 5.97 Å². The molecule has 0 radical (unpaired) electrons. The monoisotopic (exact) mass is 517 g/mol. The number of likely N-dealkylation sites (N-methyl/N-ethyl adjacent to an activating group) is 1. The number of hydrogen-bond donors (Lipinski definition) is 0. The van der Waals surface area contributed by atoms with Crippen LogP contribution in [-0.2, 0) is 30.8 Å². The van der Waals surface area contributed by atoms with E-state index in [0.29, 0.717) is 63.4 Å². The highest BCUT2D eigenvalue weighted by atomic mass is 32.2. The molecular weight excluding hydrogens is 482 g/mol. The third-order valence-electron chi connectivity index (χ3n) is 6.39. The first-order valence-electron chi connectivity index (χ1n) is 12.0. The number of carbonyl (C=O) groups excluding carboxylic acids is 2. The van der Waals surface area contributed by atoms with Crippen LogP contribution in [0.15, 0.2) is 53.4 Å². The molecule has 0 aliphatic carbocycles. The first-order valence-corrected chi connectivity index (χ1v) is 13.5. The topological polar surface area (TPSA) is 96.5 Å². The number of carbonyl (C=O) groups is 2. The summed E-state index contributed by atoms with van der Waals surface area (Å²) in [6, 6.07) is 14.7. The maximum atomic E-state index is 13.3. The lowest BCUT2D eigenvalue weighted by atomic mass is 10.2.